The molecule has 0 spiro atoms. The van der Waals surface area contributed by atoms with Gasteiger partial charge in [0.25, 0.3) is 5.91 Å². The van der Waals surface area contributed by atoms with Crippen LogP contribution in [0.2, 0.25) is 5.02 Å². The van der Waals surface area contributed by atoms with Gasteiger partial charge in [0.2, 0.25) is 0 Å². The van der Waals surface area contributed by atoms with Crippen molar-refractivity contribution in [2.24, 2.45) is 0 Å². The number of benzene rings is 1. The number of hydrogen-bond acceptors (Lipinski definition) is 4. The molecule has 24 heavy (non-hydrogen) atoms. The molecule has 0 saturated carbocycles. The Morgan fingerprint density at radius 1 is 1.33 bits per heavy atom. The monoisotopic (exact) mass is 351 g/mol. The van der Waals surface area contributed by atoms with Gasteiger partial charge in [-0.3, -0.25) is 9.59 Å². The maximum Gasteiger partial charge on any atom is 0.311 e. The third kappa shape index (κ3) is 4.37. The Morgan fingerprint density at radius 2 is 2.00 bits per heavy atom. The molecule has 1 atom stereocenters. The lowest BCUT2D eigenvalue weighted by molar-refractivity contribution is -0.136. The molecule has 1 aromatic heterocycles. The van der Waals surface area contributed by atoms with Gasteiger partial charge in [-0.15, -0.1) is 0 Å². The number of halogens is 1. The fourth-order valence-electron chi connectivity index (χ4n) is 2.36. The van der Waals surface area contributed by atoms with Gasteiger partial charge in [-0.05, 0) is 24.6 Å². The number of methoxy groups -OCH3 is 1. The van der Waals surface area contributed by atoms with Gasteiger partial charge >= 0.3 is 5.97 Å². The molecule has 2 N–H and O–H groups in total. The Labute approximate surface area is 144 Å². The van der Waals surface area contributed by atoms with Crippen LogP contribution in [0.3, 0.4) is 0 Å². The summed E-state index contributed by atoms with van der Waals surface area (Å²) in [5, 5.41) is 12.3. The van der Waals surface area contributed by atoms with Crippen molar-refractivity contribution in [3.63, 3.8) is 0 Å². The van der Waals surface area contributed by atoms with E-state index in [0.717, 1.165) is 5.56 Å². The Bertz CT molecular complexity index is 723. The third-order valence-corrected chi connectivity index (χ3v) is 3.82. The first kappa shape index (κ1) is 18.0. The van der Waals surface area contributed by atoms with Gasteiger partial charge < -0.3 is 19.6 Å². The fourth-order valence-corrected chi connectivity index (χ4v) is 2.48. The van der Waals surface area contributed by atoms with E-state index in [1.807, 2.05) is 12.1 Å². The molecule has 6 nitrogen and oxygen atoms in total. The van der Waals surface area contributed by atoms with E-state index >= 15 is 0 Å². The first-order valence-electron chi connectivity index (χ1n) is 7.27. The van der Waals surface area contributed by atoms with Crippen LogP contribution in [0.5, 0.6) is 0 Å². The molecule has 1 heterocycles. The molecule has 1 aromatic carbocycles. The van der Waals surface area contributed by atoms with E-state index in [1.54, 1.807) is 26.2 Å². The lowest BCUT2D eigenvalue weighted by Crippen LogP contribution is -2.30. The minimum atomic E-state index is -1.06. The van der Waals surface area contributed by atoms with Crippen molar-refractivity contribution in [1.82, 2.24) is 5.32 Å². The van der Waals surface area contributed by atoms with Crippen LogP contribution < -0.4 is 5.32 Å². The zero-order valence-corrected chi connectivity index (χ0v) is 14.1. The highest BCUT2D eigenvalue weighted by Crippen LogP contribution is 2.20. The summed E-state index contributed by atoms with van der Waals surface area (Å²) in [6.07, 6.45) is 0.683. The smallest absolute Gasteiger partial charge is 0.311 e. The van der Waals surface area contributed by atoms with Crippen LogP contribution in [0.1, 0.15) is 33.3 Å². The second kappa shape index (κ2) is 7.99. The van der Waals surface area contributed by atoms with Gasteiger partial charge in [0, 0.05) is 24.2 Å². The zero-order valence-electron chi connectivity index (χ0n) is 13.3. The van der Waals surface area contributed by atoms with Crippen LogP contribution in [0.15, 0.2) is 34.9 Å². The van der Waals surface area contributed by atoms with Crippen molar-refractivity contribution in [1.29, 1.82) is 0 Å². The fraction of sp³-hybridized carbons (Fsp3) is 0.294. The van der Waals surface area contributed by atoms with E-state index in [1.165, 1.54) is 6.26 Å². The normalized spacial score (nSPS) is 12.0. The van der Waals surface area contributed by atoms with Crippen LogP contribution in [0.25, 0.3) is 0 Å². The lowest BCUT2D eigenvalue weighted by Gasteiger charge is -2.17. The first-order valence-corrected chi connectivity index (χ1v) is 7.65. The Morgan fingerprint density at radius 3 is 2.58 bits per heavy atom. The molecule has 0 aliphatic carbocycles. The number of amides is 1. The molecule has 1 amide bonds. The van der Waals surface area contributed by atoms with Crippen molar-refractivity contribution >= 4 is 23.5 Å². The van der Waals surface area contributed by atoms with Crippen LogP contribution in [-0.2, 0) is 16.0 Å². The zero-order chi connectivity index (χ0) is 17.7. The quantitative estimate of drug-likeness (QED) is 0.800. The van der Waals surface area contributed by atoms with Crippen molar-refractivity contribution in [3.8, 4) is 0 Å². The number of nitrogens with one attached hydrogen (secondary N) is 1. The van der Waals surface area contributed by atoms with Gasteiger partial charge in [-0.2, -0.15) is 0 Å². The average Bonchev–Trinajstić information content (AvgIpc) is 2.89. The summed E-state index contributed by atoms with van der Waals surface area (Å²) in [5.41, 5.74) is 1.71. The van der Waals surface area contributed by atoms with Gasteiger partial charge in [-0.25, -0.2) is 0 Å². The van der Waals surface area contributed by atoms with E-state index in [9.17, 15) is 9.59 Å². The summed E-state index contributed by atoms with van der Waals surface area (Å²) in [6.45, 7) is 1.92. The van der Waals surface area contributed by atoms with Gasteiger partial charge in [-0.1, -0.05) is 23.7 Å². The SMILES string of the molecule is COC(CNC(=O)c1c(C)coc1CC(=O)O)c1ccc(Cl)cc1. The number of hydrogen-bond donors (Lipinski definition) is 2. The number of furan rings is 1. The van der Waals surface area contributed by atoms with Gasteiger partial charge in [0.15, 0.2) is 0 Å². The first-order chi connectivity index (χ1) is 11.4. The summed E-state index contributed by atoms with van der Waals surface area (Å²) < 4.78 is 10.6. The summed E-state index contributed by atoms with van der Waals surface area (Å²) in [7, 11) is 1.55. The molecule has 0 aliphatic heterocycles. The van der Waals surface area contributed by atoms with E-state index < -0.39 is 11.9 Å². The third-order valence-electron chi connectivity index (χ3n) is 3.56. The van der Waals surface area contributed by atoms with E-state index in [4.69, 9.17) is 25.9 Å². The maximum atomic E-state index is 12.4. The van der Waals surface area contributed by atoms with Crippen LogP contribution in [-0.4, -0.2) is 30.6 Å². The number of carboxylic acid groups (broad SMARTS) is 1. The second-order valence-electron chi connectivity index (χ2n) is 5.27. The molecule has 2 aromatic rings. The summed E-state index contributed by atoms with van der Waals surface area (Å²) >= 11 is 5.86. The molecule has 1 unspecified atom stereocenters. The van der Waals surface area contributed by atoms with Crippen LogP contribution >= 0.6 is 11.6 Å². The van der Waals surface area contributed by atoms with Crippen LogP contribution in [0.4, 0.5) is 0 Å². The number of aryl methyl sites for hydroxylation is 1. The van der Waals surface area contributed by atoms with E-state index in [2.05, 4.69) is 5.32 Å². The molecule has 0 fully saturated rings. The van der Waals surface area contributed by atoms with Crippen LogP contribution in [0, 0.1) is 6.92 Å². The molecule has 128 valence electrons. The maximum absolute atomic E-state index is 12.4. The predicted octanol–water partition coefficient (Wildman–Crippen LogP) is 2.99. The highest BCUT2D eigenvalue weighted by atomic mass is 35.5. The molecule has 0 aliphatic rings. The van der Waals surface area contributed by atoms with Crippen molar-refractivity contribution < 1.29 is 23.8 Å². The minimum absolute atomic E-state index is 0.137. The number of carbonyl (C=O) groups is 2. The number of carboxylic acids is 1. The minimum Gasteiger partial charge on any atom is -0.481 e. The topological polar surface area (TPSA) is 88.8 Å². The van der Waals surface area contributed by atoms with E-state index in [0.29, 0.717) is 10.6 Å². The molecule has 2 rings (SSSR count). The molecule has 0 saturated heterocycles. The highest BCUT2D eigenvalue weighted by Gasteiger charge is 2.21. The van der Waals surface area contributed by atoms with E-state index in [-0.39, 0.29) is 30.4 Å². The second-order valence-corrected chi connectivity index (χ2v) is 5.71. The highest BCUT2D eigenvalue weighted by molar-refractivity contribution is 6.30. The standard InChI is InChI=1S/C17H18ClNO5/c1-10-9-24-13(7-15(20)21)16(10)17(22)19-8-14(23-2)11-3-5-12(18)6-4-11/h3-6,9,14H,7-8H2,1-2H3,(H,19,22)(H,20,21). The van der Waals surface area contributed by atoms with Crippen molar-refractivity contribution in [2.45, 2.75) is 19.4 Å². The lowest BCUT2D eigenvalue weighted by atomic mass is 10.1. The predicted molar refractivity (Wildman–Crippen MR) is 88.3 cm³/mol. The average molecular weight is 352 g/mol. The Hall–Kier alpha value is -2.31. The molecular weight excluding hydrogens is 334 g/mol. The van der Waals surface area contributed by atoms with Crippen molar-refractivity contribution in [2.75, 3.05) is 13.7 Å². The van der Waals surface area contributed by atoms with Gasteiger partial charge in [0.05, 0.1) is 17.9 Å². The number of carbonyl (C=O) groups excluding carboxylic acids is 1. The number of aliphatic carboxylic acids is 1. The van der Waals surface area contributed by atoms with Gasteiger partial charge in [0.1, 0.15) is 12.2 Å². The Balaban J connectivity index is 2.08. The largest absolute Gasteiger partial charge is 0.481 e. The summed E-state index contributed by atoms with van der Waals surface area (Å²) in [6, 6.07) is 7.13. The molecule has 0 bridgehead atoms. The summed E-state index contributed by atoms with van der Waals surface area (Å²) in [4.78, 5) is 23.2. The Kier molecular flexibility index (Phi) is 6.00. The van der Waals surface area contributed by atoms with Crippen molar-refractivity contribution in [3.05, 3.63) is 58.0 Å². The number of rotatable bonds is 7. The molecular formula is C17H18ClNO5. The number of ether oxygens (including phenoxy) is 1. The molecule has 0 radical (unpaired) electrons. The molecule has 7 heteroatoms. The summed E-state index contributed by atoms with van der Waals surface area (Å²) in [5.74, 6) is -1.32.